The molecule has 0 heterocycles. The summed E-state index contributed by atoms with van der Waals surface area (Å²) in [6, 6.07) is 4.58. The van der Waals surface area contributed by atoms with Gasteiger partial charge in [0.15, 0.2) is 0 Å². The largest absolute Gasteiger partial charge is 0.0654 e. The standard InChI is InChI=1S/C13H20/c1-5-6-7-13-11(3)8-10(2)9-12(13)4/h8-9H,5-7H2,1-4H3. The van der Waals surface area contributed by atoms with Crippen molar-refractivity contribution in [1.29, 1.82) is 0 Å². The molecule has 1 rings (SSSR count). The zero-order valence-corrected chi connectivity index (χ0v) is 9.28. The topological polar surface area (TPSA) is 0 Å². The summed E-state index contributed by atoms with van der Waals surface area (Å²) >= 11 is 0. The third-order valence-electron chi connectivity index (χ3n) is 2.62. The Hall–Kier alpha value is -0.780. The zero-order valence-electron chi connectivity index (χ0n) is 9.28. The van der Waals surface area contributed by atoms with Gasteiger partial charge in [0, 0.05) is 0 Å². The summed E-state index contributed by atoms with van der Waals surface area (Å²) < 4.78 is 0. The molecular formula is C13H20. The van der Waals surface area contributed by atoms with Crippen LogP contribution in [0.15, 0.2) is 12.1 Å². The predicted molar refractivity (Wildman–Crippen MR) is 59.3 cm³/mol. The minimum atomic E-state index is 1.24. The smallest absolute Gasteiger partial charge is 0.0274 e. The fourth-order valence-electron chi connectivity index (χ4n) is 1.96. The van der Waals surface area contributed by atoms with E-state index in [1.165, 1.54) is 36.0 Å². The molecule has 0 saturated carbocycles. The van der Waals surface area contributed by atoms with E-state index < -0.39 is 0 Å². The third-order valence-corrected chi connectivity index (χ3v) is 2.62. The van der Waals surface area contributed by atoms with Crippen molar-refractivity contribution in [3.8, 4) is 0 Å². The number of benzene rings is 1. The Morgan fingerprint density at radius 2 is 1.54 bits per heavy atom. The molecule has 0 unspecified atom stereocenters. The number of hydrogen-bond donors (Lipinski definition) is 0. The van der Waals surface area contributed by atoms with Gasteiger partial charge < -0.3 is 0 Å². The fraction of sp³-hybridized carbons (Fsp3) is 0.538. The highest BCUT2D eigenvalue weighted by Crippen LogP contribution is 2.18. The quantitative estimate of drug-likeness (QED) is 0.654. The van der Waals surface area contributed by atoms with E-state index in [0.29, 0.717) is 0 Å². The van der Waals surface area contributed by atoms with Crippen molar-refractivity contribution in [3.05, 3.63) is 34.4 Å². The third kappa shape index (κ3) is 2.58. The molecule has 0 spiro atoms. The first-order valence-corrected chi connectivity index (χ1v) is 5.22. The van der Waals surface area contributed by atoms with Crippen molar-refractivity contribution in [2.24, 2.45) is 0 Å². The van der Waals surface area contributed by atoms with Crippen molar-refractivity contribution in [3.63, 3.8) is 0 Å². The highest BCUT2D eigenvalue weighted by Gasteiger charge is 2.02. The van der Waals surface area contributed by atoms with Gasteiger partial charge in [-0.3, -0.25) is 0 Å². The van der Waals surface area contributed by atoms with Crippen molar-refractivity contribution in [2.75, 3.05) is 0 Å². The predicted octanol–water partition coefficient (Wildman–Crippen LogP) is 3.95. The van der Waals surface area contributed by atoms with Crippen LogP contribution < -0.4 is 0 Å². The van der Waals surface area contributed by atoms with Gasteiger partial charge in [-0.05, 0) is 50.3 Å². The summed E-state index contributed by atoms with van der Waals surface area (Å²) in [5.74, 6) is 0. The van der Waals surface area contributed by atoms with Crippen molar-refractivity contribution < 1.29 is 0 Å². The van der Waals surface area contributed by atoms with Crippen LogP contribution in [0, 0.1) is 20.8 Å². The molecule has 0 bridgehead atoms. The number of aryl methyl sites for hydroxylation is 3. The summed E-state index contributed by atoms with van der Waals surface area (Å²) in [4.78, 5) is 0. The Balaban J connectivity index is 2.92. The number of hydrogen-bond acceptors (Lipinski definition) is 0. The lowest BCUT2D eigenvalue weighted by Gasteiger charge is -2.10. The minimum Gasteiger partial charge on any atom is -0.0654 e. The Morgan fingerprint density at radius 1 is 1.00 bits per heavy atom. The Kier molecular flexibility index (Phi) is 3.53. The molecule has 0 aliphatic carbocycles. The van der Waals surface area contributed by atoms with E-state index in [9.17, 15) is 0 Å². The van der Waals surface area contributed by atoms with Crippen LogP contribution in [0.4, 0.5) is 0 Å². The molecule has 0 saturated heterocycles. The highest BCUT2D eigenvalue weighted by atomic mass is 14.1. The number of rotatable bonds is 3. The van der Waals surface area contributed by atoms with Gasteiger partial charge in [0.05, 0.1) is 0 Å². The lowest BCUT2D eigenvalue weighted by Crippen LogP contribution is -1.94. The maximum absolute atomic E-state index is 2.29. The molecule has 0 nitrogen and oxygen atoms in total. The minimum absolute atomic E-state index is 1.24. The van der Waals surface area contributed by atoms with Gasteiger partial charge in [-0.25, -0.2) is 0 Å². The molecule has 13 heavy (non-hydrogen) atoms. The second-order valence-corrected chi connectivity index (χ2v) is 3.98. The van der Waals surface area contributed by atoms with Crippen molar-refractivity contribution in [2.45, 2.75) is 47.0 Å². The molecule has 0 atom stereocenters. The summed E-state index contributed by atoms with van der Waals surface area (Å²) in [5, 5.41) is 0. The van der Waals surface area contributed by atoms with E-state index in [0.717, 1.165) is 0 Å². The van der Waals surface area contributed by atoms with Crippen molar-refractivity contribution in [1.82, 2.24) is 0 Å². The molecule has 0 aliphatic heterocycles. The Labute approximate surface area is 82.0 Å². The lowest BCUT2D eigenvalue weighted by molar-refractivity contribution is 0.787. The number of unbranched alkanes of at least 4 members (excludes halogenated alkanes) is 1. The molecule has 0 N–H and O–H groups in total. The summed E-state index contributed by atoms with van der Waals surface area (Å²) in [6.07, 6.45) is 3.84. The monoisotopic (exact) mass is 176 g/mol. The van der Waals surface area contributed by atoms with Gasteiger partial charge in [0.1, 0.15) is 0 Å². The van der Waals surface area contributed by atoms with E-state index >= 15 is 0 Å². The first-order chi connectivity index (χ1) is 6.15. The van der Waals surface area contributed by atoms with E-state index in [4.69, 9.17) is 0 Å². The van der Waals surface area contributed by atoms with Gasteiger partial charge in [0.25, 0.3) is 0 Å². The maximum Gasteiger partial charge on any atom is -0.0274 e. The van der Waals surface area contributed by atoms with E-state index in [2.05, 4.69) is 39.8 Å². The maximum atomic E-state index is 2.29. The molecular weight excluding hydrogens is 156 g/mol. The van der Waals surface area contributed by atoms with Crippen LogP contribution in [0.2, 0.25) is 0 Å². The van der Waals surface area contributed by atoms with Gasteiger partial charge >= 0.3 is 0 Å². The van der Waals surface area contributed by atoms with Crippen LogP contribution >= 0.6 is 0 Å². The van der Waals surface area contributed by atoms with Crippen LogP contribution in [0.3, 0.4) is 0 Å². The Morgan fingerprint density at radius 3 is 2.00 bits per heavy atom. The first-order valence-electron chi connectivity index (χ1n) is 5.22. The fourth-order valence-corrected chi connectivity index (χ4v) is 1.96. The average Bonchev–Trinajstić information content (AvgIpc) is 2.02. The van der Waals surface area contributed by atoms with Gasteiger partial charge in [-0.1, -0.05) is 31.0 Å². The van der Waals surface area contributed by atoms with Crippen LogP contribution in [0.25, 0.3) is 0 Å². The first kappa shape index (κ1) is 10.3. The van der Waals surface area contributed by atoms with Crippen LogP contribution in [-0.4, -0.2) is 0 Å². The van der Waals surface area contributed by atoms with Gasteiger partial charge in [-0.15, -0.1) is 0 Å². The van der Waals surface area contributed by atoms with Gasteiger partial charge in [0.2, 0.25) is 0 Å². The zero-order chi connectivity index (χ0) is 9.84. The molecule has 0 radical (unpaired) electrons. The van der Waals surface area contributed by atoms with Crippen LogP contribution in [-0.2, 0) is 6.42 Å². The molecule has 0 heteroatoms. The molecule has 0 amide bonds. The summed E-state index contributed by atoms with van der Waals surface area (Å²) in [7, 11) is 0. The van der Waals surface area contributed by atoms with Crippen LogP contribution in [0.1, 0.15) is 42.0 Å². The summed E-state index contributed by atoms with van der Waals surface area (Å²) in [5.41, 5.74) is 5.87. The van der Waals surface area contributed by atoms with Crippen LogP contribution in [0.5, 0.6) is 0 Å². The molecule has 0 aromatic heterocycles. The van der Waals surface area contributed by atoms with E-state index in [1.807, 2.05) is 0 Å². The SMILES string of the molecule is CCCCc1c(C)cc(C)cc1C. The normalized spacial score (nSPS) is 10.5. The molecule has 0 fully saturated rings. The average molecular weight is 176 g/mol. The second kappa shape index (κ2) is 4.45. The Bertz CT molecular complexity index is 261. The highest BCUT2D eigenvalue weighted by molar-refractivity contribution is 5.37. The van der Waals surface area contributed by atoms with E-state index in [-0.39, 0.29) is 0 Å². The second-order valence-electron chi connectivity index (χ2n) is 3.98. The lowest BCUT2D eigenvalue weighted by atomic mass is 9.96. The molecule has 0 aliphatic rings. The summed E-state index contributed by atoms with van der Waals surface area (Å²) in [6.45, 7) is 8.87. The van der Waals surface area contributed by atoms with Gasteiger partial charge in [-0.2, -0.15) is 0 Å². The molecule has 72 valence electrons. The molecule has 1 aromatic rings. The van der Waals surface area contributed by atoms with Crippen molar-refractivity contribution >= 4 is 0 Å². The molecule has 1 aromatic carbocycles. The van der Waals surface area contributed by atoms with E-state index in [1.54, 1.807) is 5.56 Å².